The Labute approximate surface area is 133 Å². The predicted molar refractivity (Wildman–Crippen MR) is 84.0 cm³/mol. The summed E-state index contributed by atoms with van der Waals surface area (Å²) in [5, 5.41) is 15.1. The molecule has 0 spiro atoms. The molecule has 0 saturated carbocycles. The van der Waals surface area contributed by atoms with Crippen LogP contribution in [0.3, 0.4) is 0 Å². The quantitative estimate of drug-likeness (QED) is 0.788. The maximum atomic E-state index is 13.1. The van der Waals surface area contributed by atoms with Crippen molar-refractivity contribution in [2.24, 2.45) is 0 Å². The molecule has 0 radical (unpaired) electrons. The molecule has 4 nitrogen and oxygen atoms in total. The maximum absolute atomic E-state index is 13.1. The van der Waals surface area contributed by atoms with Gasteiger partial charge in [-0.15, -0.1) is 0 Å². The first kappa shape index (κ1) is 16.9. The van der Waals surface area contributed by atoms with Gasteiger partial charge in [0.25, 0.3) is 0 Å². The average molecular weight is 320 g/mol. The van der Waals surface area contributed by atoms with E-state index in [1.54, 1.807) is 19.1 Å². The van der Waals surface area contributed by atoms with E-state index in [0.717, 1.165) is 17.7 Å². The zero-order valence-corrected chi connectivity index (χ0v) is 12.6. The summed E-state index contributed by atoms with van der Waals surface area (Å²) in [6.07, 6.45) is -0.371. The molecule has 0 fully saturated rings. The fraction of sp³-hybridized carbons (Fsp3) is 0.235. The molecule has 0 bridgehead atoms. The second-order valence-electron chi connectivity index (χ2n) is 5.29. The molecule has 2 amide bonds. The van der Waals surface area contributed by atoms with Crippen LogP contribution in [-0.4, -0.2) is 17.2 Å². The highest BCUT2D eigenvalue weighted by Gasteiger charge is 2.14. The molecule has 2 unspecified atom stereocenters. The van der Waals surface area contributed by atoms with Crippen LogP contribution >= 0.6 is 0 Å². The Kier molecular flexibility index (Phi) is 5.65. The Morgan fingerprint density at radius 3 is 2.48 bits per heavy atom. The van der Waals surface area contributed by atoms with Crippen molar-refractivity contribution in [1.29, 1.82) is 0 Å². The smallest absolute Gasteiger partial charge is 0.319 e. The molecule has 2 aromatic carbocycles. The number of urea groups is 1. The fourth-order valence-electron chi connectivity index (χ4n) is 2.17. The topological polar surface area (TPSA) is 61.4 Å². The van der Waals surface area contributed by atoms with Gasteiger partial charge in [-0.25, -0.2) is 13.6 Å². The number of hydrogen-bond donors (Lipinski definition) is 3. The Hall–Kier alpha value is -2.47. The molecule has 122 valence electrons. The van der Waals surface area contributed by atoms with Gasteiger partial charge >= 0.3 is 6.03 Å². The summed E-state index contributed by atoms with van der Waals surface area (Å²) in [5.74, 6) is -2.01. The molecule has 2 atom stereocenters. The van der Waals surface area contributed by atoms with E-state index in [0.29, 0.717) is 6.42 Å². The molecule has 0 aliphatic rings. The van der Waals surface area contributed by atoms with Crippen molar-refractivity contribution in [3.8, 4) is 0 Å². The number of hydrogen-bond acceptors (Lipinski definition) is 2. The minimum Gasteiger partial charge on any atom is -0.388 e. The summed E-state index contributed by atoms with van der Waals surface area (Å²) in [5.41, 5.74) is 0.916. The first-order valence-electron chi connectivity index (χ1n) is 7.21. The zero-order chi connectivity index (χ0) is 16.8. The molecule has 2 rings (SSSR count). The third kappa shape index (κ3) is 5.03. The van der Waals surface area contributed by atoms with Crippen molar-refractivity contribution in [2.75, 3.05) is 5.32 Å². The molecule has 3 N–H and O–H groups in total. The molecular weight excluding hydrogens is 302 g/mol. The van der Waals surface area contributed by atoms with Crippen molar-refractivity contribution in [3.63, 3.8) is 0 Å². The van der Waals surface area contributed by atoms with Crippen LogP contribution in [0.4, 0.5) is 19.3 Å². The lowest BCUT2D eigenvalue weighted by atomic mass is 10.0. The number of carbonyl (C=O) groups is 1. The van der Waals surface area contributed by atoms with Crippen molar-refractivity contribution < 1.29 is 18.7 Å². The van der Waals surface area contributed by atoms with E-state index in [2.05, 4.69) is 10.6 Å². The van der Waals surface area contributed by atoms with Crippen molar-refractivity contribution in [1.82, 2.24) is 5.32 Å². The lowest BCUT2D eigenvalue weighted by molar-refractivity contribution is 0.155. The molecular formula is C17H18F2N2O2. The minimum absolute atomic E-state index is 0.150. The standard InChI is InChI=1S/C17H18F2N2O2/c1-11(9-16(22)12-5-3-2-4-6-12)20-17(23)21-13-7-8-14(18)15(19)10-13/h2-8,10-11,16,22H,9H2,1H3,(H2,20,21,23). The first-order chi connectivity index (χ1) is 11.0. The van der Waals surface area contributed by atoms with Gasteiger partial charge in [0, 0.05) is 17.8 Å². The Balaban J connectivity index is 1.85. The van der Waals surface area contributed by atoms with Gasteiger partial charge in [0.05, 0.1) is 6.10 Å². The second kappa shape index (κ2) is 7.69. The number of aliphatic hydroxyl groups excluding tert-OH is 1. The summed E-state index contributed by atoms with van der Waals surface area (Å²) in [6.45, 7) is 1.75. The minimum atomic E-state index is -1.03. The maximum Gasteiger partial charge on any atom is 0.319 e. The van der Waals surface area contributed by atoms with Crippen molar-refractivity contribution in [2.45, 2.75) is 25.5 Å². The highest BCUT2D eigenvalue weighted by Crippen LogP contribution is 2.18. The van der Waals surface area contributed by atoms with Crippen LogP contribution in [0.5, 0.6) is 0 Å². The third-order valence-electron chi connectivity index (χ3n) is 3.32. The number of anilines is 1. The number of amides is 2. The lowest BCUT2D eigenvalue weighted by Gasteiger charge is -2.18. The van der Waals surface area contributed by atoms with Crippen molar-refractivity contribution >= 4 is 11.7 Å². The summed E-state index contributed by atoms with van der Waals surface area (Å²) in [7, 11) is 0. The predicted octanol–water partition coefficient (Wildman–Crippen LogP) is 3.60. The summed E-state index contributed by atoms with van der Waals surface area (Å²) < 4.78 is 25.9. The molecule has 6 heteroatoms. The average Bonchev–Trinajstić information content (AvgIpc) is 2.51. The number of nitrogens with one attached hydrogen (secondary N) is 2. The van der Waals surface area contributed by atoms with E-state index in [-0.39, 0.29) is 11.7 Å². The molecule has 0 heterocycles. The van der Waals surface area contributed by atoms with Gasteiger partial charge in [0.1, 0.15) is 0 Å². The highest BCUT2D eigenvalue weighted by molar-refractivity contribution is 5.89. The number of rotatable bonds is 5. The van der Waals surface area contributed by atoms with E-state index in [4.69, 9.17) is 0 Å². The number of benzene rings is 2. The zero-order valence-electron chi connectivity index (χ0n) is 12.6. The highest BCUT2D eigenvalue weighted by atomic mass is 19.2. The molecule has 0 aliphatic heterocycles. The molecule has 0 aliphatic carbocycles. The van der Waals surface area contributed by atoms with E-state index in [1.807, 2.05) is 18.2 Å². The second-order valence-corrected chi connectivity index (χ2v) is 5.29. The normalized spacial score (nSPS) is 13.2. The van der Waals surface area contributed by atoms with Gasteiger partial charge in [0.15, 0.2) is 11.6 Å². The van der Waals surface area contributed by atoms with Gasteiger partial charge < -0.3 is 15.7 Å². The van der Waals surface area contributed by atoms with Crippen LogP contribution in [0, 0.1) is 11.6 Å². The fourth-order valence-corrected chi connectivity index (χ4v) is 2.17. The van der Waals surface area contributed by atoms with Crippen LogP contribution in [0.15, 0.2) is 48.5 Å². The van der Waals surface area contributed by atoms with E-state index < -0.39 is 23.8 Å². The molecule has 0 saturated heterocycles. The Morgan fingerprint density at radius 2 is 1.83 bits per heavy atom. The Bertz CT molecular complexity index is 665. The number of carbonyl (C=O) groups excluding carboxylic acids is 1. The van der Waals surface area contributed by atoms with Crippen LogP contribution in [0.2, 0.25) is 0 Å². The Morgan fingerprint density at radius 1 is 1.13 bits per heavy atom. The molecule has 2 aromatic rings. The van der Waals surface area contributed by atoms with Gasteiger partial charge in [-0.2, -0.15) is 0 Å². The summed E-state index contributed by atoms with van der Waals surface area (Å²) >= 11 is 0. The molecule has 23 heavy (non-hydrogen) atoms. The van der Waals surface area contributed by atoms with Crippen LogP contribution in [0.25, 0.3) is 0 Å². The SMILES string of the molecule is CC(CC(O)c1ccccc1)NC(=O)Nc1ccc(F)c(F)c1. The van der Waals surface area contributed by atoms with E-state index >= 15 is 0 Å². The van der Waals surface area contributed by atoms with E-state index in [9.17, 15) is 18.7 Å². The monoisotopic (exact) mass is 320 g/mol. The van der Waals surface area contributed by atoms with Crippen LogP contribution < -0.4 is 10.6 Å². The number of aliphatic hydroxyl groups is 1. The van der Waals surface area contributed by atoms with Crippen molar-refractivity contribution in [3.05, 3.63) is 65.7 Å². The van der Waals surface area contributed by atoms with Crippen LogP contribution in [0.1, 0.15) is 25.0 Å². The van der Waals surface area contributed by atoms with Gasteiger partial charge in [0.2, 0.25) is 0 Å². The summed E-state index contributed by atoms with van der Waals surface area (Å²) in [4.78, 5) is 11.8. The van der Waals surface area contributed by atoms with Gasteiger partial charge in [-0.05, 0) is 31.0 Å². The third-order valence-corrected chi connectivity index (χ3v) is 3.32. The first-order valence-corrected chi connectivity index (χ1v) is 7.21. The summed E-state index contributed by atoms with van der Waals surface area (Å²) in [6, 6.07) is 11.4. The van der Waals surface area contributed by atoms with E-state index in [1.165, 1.54) is 6.07 Å². The van der Waals surface area contributed by atoms with Gasteiger partial charge in [-0.1, -0.05) is 30.3 Å². The van der Waals surface area contributed by atoms with Gasteiger partial charge in [-0.3, -0.25) is 0 Å². The number of halogens is 2. The largest absolute Gasteiger partial charge is 0.388 e. The van der Waals surface area contributed by atoms with Crippen LogP contribution in [-0.2, 0) is 0 Å². The lowest BCUT2D eigenvalue weighted by Crippen LogP contribution is -2.37. The molecule has 0 aromatic heterocycles.